The summed E-state index contributed by atoms with van der Waals surface area (Å²) in [4.78, 5) is 8.35. The van der Waals surface area contributed by atoms with Crippen molar-refractivity contribution in [3.63, 3.8) is 0 Å². The van der Waals surface area contributed by atoms with Crippen LogP contribution in [0.5, 0.6) is 0 Å². The highest BCUT2D eigenvalue weighted by atomic mass is 32.1. The van der Waals surface area contributed by atoms with E-state index >= 15 is 0 Å². The van der Waals surface area contributed by atoms with Crippen LogP contribution in [0.4, 0.5) is 0 Å². The van der Waals surface area contributed by atoms with Crippen molar-refractivity contribution >= 4 is 17.3 Å². The van der Waals surface area contributed by atoms with Gasteiger partial charge in [-0.1, -0.05) is 19.9 Å². The zero-order valence-corrected chi connectivity index (χ0v) is 15.2. The average molecular weight is 326 g/mol. The molecule has 0 aliphatic carbocycles. The van der Waals surface area contributed by atoms with Gasteiger partial charge in [-0.25, -0.2) is 0 Å². The van der Waals surface area contributed by atoms with Crippen LogP contribution in [-0.2, 0) is 6.42 Å². The first-order chi connectivity index (χ1) is 10.6. The van der Waals surface area contributed by atoms with E-state index in [1.807, 2.05) is 0 Å². The molecule has 0 saturated heterocycles. The van der Waals surface area contributed by atoms with Gasteiger partial charge in [0.15, 0.2) is 5.96 Å². The van der Waals surface area contributed by atoms with Gasteiger partial charge in [-0.2, -0.15) is 0 Å². The van der Waals surface area contributed by atoms with Crippen molar-refractivity contribution in [1.82, 2.24) is 10.2 Å². The van der Waals surface area contributed by atoms with E-state index in [2.05, 4.69) is 55.5 Å². The third-order valence-corrected chi connectivity index (χ3v) is 5.31. The van der Waals surface area contributed by atoms with Gasteiger partial charge in [0.2, 0.25) is 0 Å². The van der Waals surface area contributed by atoms with E-state index in [-0.39, 0.29) is 12.0 Å². The van der Waals surface area contributed by atoms with Crippen molar-refractivity contribution in [3.05, 3.63) is 22.4 Å². The number of likely N-dealkylation sites (N-methyl/N-ethyl adjacent to an activating group) is 1. The number of aliphatic imine (C=N–C) groups is 1. The number of thiophene rings is 1. The minimum absolute atomic E-state index is 0.0880. The van der Waals surface area contributed by atoms with Crippen molar-refractivity contribution < 1.29 is 5.11 Å². The predicted molar refractivity (Wildman–Crippen MR) is 96.7 cm³/mol. The lowest BCUT2D eigenvalue weighted by Crippen LogP contribution is -2.41. The summed E-state index contributed by atoms with van der Waals surface area (Å²) in [5.41, 5.74) is -0.0880. The van der Waals surface area contributed by atoms with Crippen LogP contribution < -0.4 is 5.32 Å². The summed E-state index contributed by atoms with van der Waals surface area (Å²) in [5, 5.41) is 15.2. The first kappa shape index (κ1) is 19.0. The summed E-state index contributed by atoms with van der Waals surface area (Å²) in [7, 11) is 2.08. The number of rotatable bonds is 9. The van der Waals surface area contributed by atoms with E-state index in [1.165, 1.54) is 4.88 Å². The molecule has 0 unspecified atom stereocenters. The molecule has 0 fully saturated rings. The summed E-state index contributed by atoms with van der Waals surface area (Å²) in [5.74, 6) is 0.929. The first-order valence-electron chi connectivity index (χ1n) is 8.23. The molecule has 5 heteroatoms. The minimum atomic E-state index is -0.0880. The molecule has 4 nitrogen and oxygen atoms in total. The zero-order chi connectivity index (χ0) is 16.4. The molecule has 0 bridgehead atoms. The standard InChI is InChI=1S/C17H31N3OS/c1-5-17(6-2,14-21)13-19-16(18-7-3)20(4)11-10-15-9-8-12-22-15/h8-9,12,21H,5-7,10-11,13-14H2,1-4H3,(H,18,19). The fourth-order valence-corrected chi connectivity index (χ4v) is 3.00. The summed E-state index contributed by atoms with van der Waals surface area (Å²) in [6.45, 7) is 9.00. The van der Waals surface area contributed by atoms with E-state index in [1.54, 1.807) is 11.3 Å². The molecule has 126 valence electrons. The Hall–Kier alpha value is -1.07. The second kappa shape index (κ2) is 9.85. The Bertz CT molecular complexity index is 419. The van der Waals surface area contributed by atoms with Gasteiger partial charge in [0.05, 0.1) is 13.2 Å². The molecule has 1 aromatic rings. The molecule has 0 aliphatic heterocycles. The molecule has 0 spiro atoms. The van der Waals surface area contributed by atoms with Crippen molar-refractivity contribution in [3.8, 4) is 0 Å². The number of nitrogens with one attached hydrogen (secondary N) is 1. The van der Waals surface area contributed by atoms with Crippen LogP contribution in [0.15, 0.2) is 22.5 Å². The number of aliphatic hydroxyl groups excluding tert-OH is 1. The number of hydrogen-bond acceptors (Lipinski definition) is 3. The fraction of sp³-hybridized carbons (Fsp3) is 0.706. The highest BCUT2D eigenvalue weighted by Gasteiger charge is 2.25. The van der Waals surface area contributed by atoms with Crippen LogP contribution in [0.3, 0.4) is 0 Å². The molecular formula is C17H31N3OS. The Morgan fingerprint density at radius 3 is 2.59 bits per heavy atom. The second-order valence-corrected chi connectivity index (χ2v) is 6.82. The normalized spacial score (nSPS) is 12.5. The molecule has 1 rings (SSSR count). The second-order valence-electron chi connectivity index (χ2n) is 5.79. The summed E-state index contributed by atoms with van der Waals surface area (Å²) >= 11 is 1.80. The molecule has 0 aromatic carbocycles. The van der Waals surface area contributed by atoms with Crippen LogP contribution in [0, 0.1) is 5.41 Å². The molecule has 0 radical (unpaired) electrons. The van der Waals surface area contributed by atoms with Gasteiger partial charge < -0.3 is 15.3 Å². The van der Waals surface area contributed by atoms with Gasteiger partial charge in [-0.3, -0.25) is 4.99 Å². The molecule has 0 saturated carbocycles. The van der Waals surface area contributed by atoms with Crippen LogP contribution in [0.2, 0.25) is 0 Å². The van der Waals surface area contributed by atoms with Crippen LogP contribution in [-0.4, -0.2) is 49.3 Å². The fourth-order valence-electron chi connectivity index (χ4n) is 2.30. The van der Waals surface area contributed by atoms with Crippen molar-refractivity contribution in [2.24, 2.45) is 10.4 Å². The van der Waals surface area contributed by atoms with Crippen molar-refractivity contribution in [2.45, 2.75) is 40.0 Å². The lowest BCUT2D eigenvalue weighted by molar-refractivity contribution is 0.123. The molecule has 0 amide bonds. The summed E-state index contributed by atoms with van der Waals surface area (Å²) < 4.78 is 0. The molecule has 22 heavy (non-hydrogen) atoms. The molecule has 0 aliphatic rings. The average Bonchev–Trinajstić information content (AvgIpc) is 3.06. The van der Waals surface area contributed by atoms with Crippen molar-refractivity contribution in [2.75, 3.05) is 33.3 Å². The summed E-state index contributed by atoms with van der Waals surface area (Å²) in [6, 6.07) is 4.27. The van der Waals surface area contributed by atoms with E-state index in [4.69, 9.17) is 4.99 Å². The van der Waals surface area contributed by atoms with E-state index in [0.717, 1.165) is 38.3 Å². The number of guanidine groups is 1. The highest BCUT2D eigenvalue weighted by molar-refractivity contribution is 7.09. The third-order valence-electron chi connectivity index (χ3n) is 4.37. The maximum atomic E-state index is 9.68. The largest absolute Gasteiger partial charge is 0.396 e. The SMILES string of the molecule is CCNC(=NCC(CC)(CC)CO)N(C)CCc1cccs1. The number of nitrogens with zero attached hydrogens (tertiary/aromatic N) is 2. The van der Waals surface area contributed by atoms with E-state index < -0.39 is 0 Å². The Kier molecular flexibility index (Phi) is 8.49. The predicted octanol–water partition coefficient (Wildman–Crippen LogP) is 2.99. The lowest BCUT2D eigenvalue weighted by atomic mass is 9.83. The van der Waals surface area contributed by atoms with Crippen LogP contribution >= 0.6 is 11.3 Å². The molecule has 1 heterocycles. The van der Waals surface area contributed by atoms with Gasteiger partial charge in [0, 0.05) is 30.4 Å². The Labute approximate surface area is 139 Å². The van der Waals surface area contributed by atoms with Crippen LogP contribution in [0.1, 0.15) is 38.5 Å². The van der Waals surface area contributed by atoms with E-state index in [0.29, 0.717) is 6.54 Å². The highest BCUT2D eigenvalue weighted by Crippen LogP contribution is 2.25. The lowest BCUT2D eigenvalue weighted by Gasteiger charge is -2.29. The molecular weight excluding hydrogens is 294 g/mol. The van der Waals surface area contributed by atoms with Gasteiger partial charge in [0.25, 0.3) is 0 Å². The Morgan fingerprint density at radius 2 is 2.09 bits per heavy atom. The molecule has 1 aromatic heterocycles. The minimum Gasteiger partial charge on any atom is -0.396 e. The Balaban J connectivity index is 2.67. The van der Waals surface area contributed by atoms with Gasteiger partial charge in [0.1, 0.15) is 0 Å². The quantitative estimate of drug-likeness (QED) is 0.542. The van der Waals surface area contributed by atoms with Crippen LogP contribution in [0.25, 0.3) is 0 Å². The van der Waals surface area contributed by atoms with Gasteiger partial charge in [-0.15, -0.1) is 11.3 Å². The first-order valence-corrected chi connectivity index (χ1v) is 9.11. The molecule has 0 atom stereocenters. The van der Waals surface area contributed by atoms with Crippen molar-refractivity contribution in [1.29, 1.82) is 0 Å². The monoisotopic (exact) mass is 325 g/mol. The maximum absolute atomic E-state index is 9.68. The van der Waals surface area contributed by atoms with E-state index in [9.17, 15) is 5.11 Å². The van der Waals surface area contributed by atoms with Gasteiger partial charge >= 0.3 is 0 Å². The van der Waals surface area contributed by atoms with Gasteiger partial charge in [-0.05, 0) is 37.6 Å². The maximum Gasteiger partial charge on any atom is 0.193 e. The smallest absolute Gasteiger partial charge is 0.193 e. The molecule has 2 N–H and O–H groups in total. The topological polar surface area (TPSA) is 47.9 Å². The number of aliphatic hydroxyl groups is 1. The Morgan fingerprint density at radius 1 is 1.36 bits per heavy atom. The summed E-state index contributed by atoms with van der Waals surface area (Å²) in [6.07, 6.45) is 2.93. The third kappa shape index (κ3) is 5.61. The number of hydrogen-bond donors (Lipinski definition) is 2. The zero-order valence-electron chi connectivity index (χ0n) is 14.4.